The molecule has 0 fully saturated rings. The van der Waals surface area contributed by atoms with Crippen LogP contribution < -0.4 is 5.56 Å². The largest absolute Gasteiger partial charge is 0.481 e. The van der Waals surface area contributed by atoms with Gasteiger partial charge in [0.1, 0.15) is 0 Å². The van der Waals surface area contributed by atoms with Gasteiger partial charge < -0.3 is 10.1 Å². The van der Waals surface area contributed by atoms with E-state index in [-0.39, 0.29) is 17.5 Å². The lowest BCUT2D eigenvalue weighted by Crippen LogP contribution is -2.15. The van der Waals surface area contributed by atoms with Gasteiger partial charge in [-0.15, -0.1) is 11.3 Å². The molecular formula is C11H9NO3S. The molecule has 0 atom stereocenters. The van der Waals surface area contributed by atoms with Gasteiger partial charge in [-0.2, -0.15) is 0 Å². The normalized spacial score (nSPS) is 10.2. The summed E-state index contributed by atoms with van der Waals surface area (Å²) >= 11 is 1.54. The zero-order valence-electron chi connectivity index (χ0n) is 8.27. The average molecular weight is 235 g/mol. The Morgan fingerprint density at radius 3 is 2.94 bits per heavy atom. The molecular weight excluding hydrogens is 226 g/mol. The molecule has 2 N–H and O–H groups in total. The van der Waals surface area contributed by atoms with Gasteiger partial charge in [0.25, 0.3) is 5.56 Å². The Kier molecular flexibility index (Phi) is 2.87. The predicted molar refractivity (Wildman–Crippen MR) is 61.7 cm³/mol. The quantitative estimate of drug-likeness (QED) is 0.851. The standard InChI is InChI=1S/C11H9NO3S/c13-10(14)5-7-4-8(6-12-11(7)15)9-2-1-3-16-9/h1-4,6H,5H2,(H,12,15)(H,13,14). The van der Waals surface area contributed by atoms with Crippen molar-refractivity contribution in [1.29, 1.82) is 0 Å². The molecule has 0 amide bonds. The molecule has 2 aromatic heterocycles. The molecule has 0 aliphatic heterocycles. The highest BCUT2D eigenvalue weighted by atomic mass is 32.1. The van der Waals surface area contributed by atoms with Crippen LogP contribution >= 0.6 is 11.3 Å². The summed E-state index contributed by atoms with van der Waals surface area (Å²) in [7, 11) is 0. The van der Waals surface area contributed by atoms with Gasteiger partial charge in [-0.25, -0.2) is 0 Å². The third-order valence-corrected chi connectivity index (χ3v) is 3.05. The minimum atomic E-state index is -1.01. The van der Waals surface area contributed by atoms with Crippen molar-refractivity contribution in [2.75, 3.05) is 0 Å². The molecule has 0 unspecified atom stereocenters. The first-order valence-electron chi connectivity index (χ1n) is 4.64. The van der Waals surface area contributed by atoms with Crippen LogP contribution in [-0.4, -0.2) is 16.1 Å². The zero-order valence-corrected chi connectivity index (χ0v) is 9.08. The second kappa shape index (κ2) is 4.32. The second-order valence-corrected chi connectivity index (χ2v) is 4.24. The van der Waals surface area contributed by atoms with Gasteiger partial charge in [0, 0.05) is 22.2 Å². The summed E-state index contributed by atoms with van der Waals surface area (Å²) in [5, 5.41) is 10.6. The van der Waals surface area contributed by atoms with E-state index in [1.165, 1.54) is 11.3 Å². The van der Waals surface area contributed by atoms with Crippen molar-refractivity contribution in [2.24, 2.45) is 0 Å². The van der Waals surface area contributed by atoms with Gasteiger partial charge in [0.05, 0.1) is 6.42 Å². The Morgan fingerprint density at radius 1 is 1.50 bits per heavy atom. The van der Waals surface area contributed by atoms with Crippen LogP contribution in [0.2, 0.25) is 0 Å². The van der Waals surface area contributed by atoms with Gasteiger partial charge in [0.15, 0.2) is 0 Å². The Hall–Kier alpha value is -1.88. The number of nitrogens with one attached hydrogen (secondary N) is 1. The van der Waals surface area contributed by atoms with E-state index < -0.39 is 5.97 Å². The number of hydrogen-bond donors (Lipinski definition) is 2. The van der Waals surface area contributed by atoms with Crippen LogP contribution in [0.1, 0.15) is 5.56 Å². The highest BCUT2D eigenvalue weighted by molar-refractivity contribution is 7.13. The summed E-state index contributed by atoms with van der Waals surface area (Å²) in [6, 6.07) is 5.45. The third-order valence-electron chi connectivity index (χ3n) is 2.13. The molecule has 0 aliphatic carbocycles. The van der Waals surface area contributed by atoms with Crippen molar-refractivity contribution in [3.63, 3.8) is 0 Å². The van der Waals surface area contributed by atoms with E-state index in [0.717, 1.165) is 10.4 Å². The van der Waals surface area contributed by atoms with E-state index in [0.29, 0.717) is 0 Å². The van der Waals surface area contributed by atoms with Crippen molar-refractivity contribution < 1.29 is 9.90 Å². The van der Waals surface area contributed by atoms with Crippen LogP contribution in [0.5, 0.6) is 0 Å². The van der Waals surface area contributed by atoms with Gasteiger partial charge in [0.2, 0.25) is 0 Å². The molecule has 5 heteroatoms. The molecule has 4 nitrogen and oxygen atoms in total. The fourth-order valence-corrected chi connectivity index (χ4v) is 2.13. The Labute approximate surface area is 95.2 Å². The topological polar surface area (TPSA) is 70.2 Å². The first-order valence-corrected chi connectivity index (χ1v) is 5.52. The molecule has 0 saturated heterocycles. The Bertz CT molecular complexity index is 557. The zero-order chi connectivity index (χ0) is 11.5. The van der Waals surface area contributed by atoms with Crippen molar-refractivity contribution >= 4 is 17.3 Å². The number of hydrogen-bond acceptors (Lipinski definition) is 3. The minimum absolute atomic E-state index is 0.255. The number of carboxylic acids is 1. The predicted octanol–water partition coefficient (Wildman–Crippen LogP) is 1.73. The second-order valence-electron chi connectivity index (χ2n) is 3.29. The van der Waals surface area contributed by atoms with Crippen LogP contribution in [0.25, 0.3) is 10.4 Å². The summed E-state index contributed by atoms with van der Waals surface area (Å²) in [6.45, 7) is 0. The molecule has 0 saturated carbocycles. The smallest absolute Gasteiger partial charge is 0.308 e. The van der Waals surface area contributed by atoms with Crippen LogP contribution in [0.3, 0.4) is 0 Å². The van der Waals surface area contributed by atoms with Crippen LogP contribution in [0, 0.1) is 0 Å². The summed E-state index contributed by atoms with van der Waals surface area (Å²) in [6.07, 6.45) is 1.34. The fraction of sp³-hybridized carbons (Fsp3) is 0.0909. The van der Waals surface area contributed by atoms with Crippen molar-refractivity contribution in [3.05, 3.63) is 45.7 Å². The minimum Gasteiger partial charge on any atom is -0.481 e. The van der Waals surface area contributed by atoms with Crippen molar-refractivity contribution in [1.82, 2.24) is 4.98 Å². The molecule has 2 heterocycles. The van der Waals surface area contributed by atoms with Crippen LogP contribution in [0.4, 0.5) is 0 Å². The summed E-state index contributed by atoms with van der Waals surface area (Å²) in [5.74, 6) is -1.01. The van der Waals surface area contributed by atoms with Crippen LogP contribution in [-0.2, 0) is 11.2 Å². The first kappa shape index (κ1) is 10.6. The molecule has 2 aromatic rings. The van der Waals surface area contributed by atoms with Gasteiger partial charge >= 0.3 is 5.97 Å². The number of carbonyl (C=O) groups is 1. The molecule has 0 radical (unpaired) electrons. The molecule has 0 aliphatic rings. The lowest BCUT2D eigenvalue weighted by atomic mass is 10.1. The number of aliphatic carboxylic acids is 1. The van der Waals surface area contributed by atoms with Crippen molar-refractivity contribution in [2.45, 2.75) is 6.42 Å². The van der Waals surface area contributed by atoms with E-state index >= 15 is 0 Å². The maximum absolute atomic E-state index is 11.4. The fourth-order valence-electron chi connectivity index (χ4n) is 1.41. The highest BCUT2D eigenvalue weighted by Crippen LogP contribution is 2.23. The summed E-state index contributed by atoms with van der Waals surface area (Å²) in [4.78, 5) is 25.5. The average Bonchev–Trinajstić information content (AvgIpc) is 2.73. The van der Waals surface area contributed by atoms with Gasteiger partial charge in [-0.3, -0.25) is 9.59 Å². The maximum atomic E-state index is 11.4. The summed E-state index contributed by atoms with van der Waals surface area (Å²) < 4.78 is 0. The van der Waals surface area contributed by atoms with E-state index in [1.54, 1.807) is 12.3 Å². The van der Waals surface area contributed by atoms with Crippen LogP contribution in [0.15, 0.2) is 34.6 Å². The van der Waals surface area contributed by atoms with Crippen molar-refractivity contribution in [3.8, 4) is 10.4 Å². The molecule has 0 spiro atoms. The molecule has 0 aromatic carbocycles. The first-order chi connectivity index (χ1) is 7.66. The molecule has 2 rings (SSSR count). The highest BCUT2D eigenvalue weighted by Gasteiger charge is 2.07. The lowest BCUT2D eigenvalue weighted by molar-refractivity contribution is -0.136. The number of pyridine rings is 1. The maximum Gasteiger partial charge on any atom is 0.308 e. The monoisotopic (exact) mass is 235 g/mol. The van der Waals surface area contributed by atoms with E-state index in [2.05, 4.69) is 4.98 Å². The van der Waals surface area contributed by atoms with E-state index in [4.69, 9.17) is 5.11 Å². The number of carboxylic acid groups (broad SMARTS) is 1. The third kappa shape index (κ3) is 2.20. The van der Waals surface area contributed by atoms with Gasteiger partial charge in [-0.05, 0) is 17.5 Å². The molecule has 82 valence electrons. The number of aromatic amines is 1. The summed E-state index contributed by atoms with van der Waals surface area (Å²) in [5.41, 5.74) is 0.770. The van der Waals surface area contributed by atoms with Gasteiger partial charge in [-0.1, -0.05) is 6.07 Å². The Balaban J connectivity index is 2.43. The SMILES string of the molecule is O=C(O)Cc1cc(-c2cccs2)c[nH]c1=O. The van der Waals surface area contributed by atoms with E-state index in [9.17, 15) is 9.59 Å². The number of aromatic nitrogens is 1. The Morgan fingerprint density at radius 2 is 2.31 bits per heavy atom. The van der Waals surface area contributed by atoms with E-state index in [1.807, 2.05) is 17.5 Å². The number of rotatable bonds is 3. The number of thiophene rings is 1. The molecule has 0 bridgehead atoms. The molecule has 16 heavy (non-hydrogen) atoms. The number of H-pyrrole nitrogens is 1. The lowest BCUT2D eigenvalue weighted by Gasteiger charge is -2.00.